The lowest BCUT2D eigenvalue weighted by molar-refractivity contribution is -0.119. The van der Waals surface area contributed by atoms with Gasteiger partial charge in [0, 0.05) is 12.6 Å². The van der Waals surface area contributed by atoms with Crippen LogP contribution < -0.4 is 0 Å². The van der Waals surface area contributed by atoms with Crippen molar-refractivity contribution in [1.82, 2.24) is 0 Å². The average Bonchev–Trinajstić information content (AvgIpc) is 2.34. The summed E-state index contributed by atoms with van der Waals surface area (Å²) in [7, 11) is 0. The van der Waals surface area contributed by atoms with E-state index in [1.54, 1.807) is 12.6 Å². The second-order valence-electron chi connectivity index (χ2n) is 2.66. The molecule has 1 heterocycles. The van der Waals surface area contributed by atoms with Gasteiger partial charge in [-0.25, -0.2) is 4.99 Å². The van der Waals surface area contributed by atoms with Crippen LogP contribution in [0.5, 0.6) is 0 Å². The van der Waals surface area contributed by atoms with Crippen LogP contribution in [0.1, 0.15) is 12.8 Å². The maximum absolute atomic E-state index is 11.0. The third kappa shape index (κ3) is 0.701. The fourth-order valence-electron chi connectivity index (χ4n) is 1.46. The van der Waals surface area contributed by atoms with Gasteiger partial charge >= 0.3 is 0 Å². The van der Waals surface area contributed by atoms with Crippen LogP contribution in [0.2, 0.25) is 0 Å². The van der Waals surface area contributed by atoms with Crippen molar-refractivity contribution in [2.75, 3.05) is 0 Å². The molecule has 0 aromatic rings. The summed E-state index contributed by atoms with van der Waals surface area (Å²) in [5, 5.41) is 0. The van der Waals surface area contributed by atoms with Crippen molar-refractivity contribution in [1.29, 1.82) is 0 Å². The van der Waals surface area contributed by atoms with Gasteiger partial charge in [-0.15, -0.1) is 0 Å². The third-order valence-electron chi connectivity index (χ3n) is 2.04. The molecule has 0 aromatic carbocycles. The Morgan fingerprint density at radius 3 is 3.30 bits per heavy atom. The first kappa shape index (κ1) is 5.77. The number of carbonyl (C=O) groups excluding carboxylic acids is 1. The largest absolute Gasteiger partial charge is 0.299 e. The molecule has 0 amide bonds. The van der Waals surface area contributed by atoms with Gasteiger partial charge in [0.25, 0.3) is 0 Å². The monoisotopic (exact) mass is 136 g/mol. The summed E-state index contributed by atoms with van der Waals surface area (Å²) in [6, 6.07) is 0.213. The number of hydrogen-bond donors (Lipinski definition) is 0. The van der Waals surface area contributed by atoms with E-state index in [2.05, 4.69) is 9.98 Å². The number of rotatable bonds is 0. The van der Waals surface area contributed by atoms with Gasteiger partial charge in [0.2, 0.25) is 0 Å². The molecule has 1 aliphatic heterocycles. The number of carbonyl (C=O) groups is 1. The Balaban J connectivity index is 2.27. The zero-order valence-electron chi connectivity index (χ0n) is 5.53. The molecule has 2 aliphatic rings. The Morgan fingerprint density at radius 2 is 2.50 bits per heavy atom. The summed E-state index contributed by atoms with van der Waals surface area (Å²) in [6.07, 6.45) is 4.84. The van der Waals surface area contributed by atoms with Crippen molar-refractivity contribution >= 4 is 18.3 Å². The molecule has 0 radical (unpaired) electrons. The van der Waals surface area contributed by atoms with Crippen LogP contribution in [0.4, 0.5) is 0 Å². The van der Waals surface area contributed by atoms with Crippen LogP contribution in [0, 0.1) is 5.92 Å². The van der Waals surface area contributed by atoms with Crippen molar-refractivity contribution in [3.05, 3.63) is 0 Å². The first-order valence-electron chi connectivity index (χ1n) is 3.45. The SMILES string of the molecule is O=C1CC[C@@H]2N=CN=C[C@@H]12. The number of aliphatic imine (C=N–C) groups is 2. The maximum Gasteiger partial charge on any atom is 0.143 e. The zero-order chi connectivity index (χ0) is 6.97. The highest BCUT2D eigenvalue weighted by Gasteiger charge is 2.33. The molecule has 1 aliphatic carbocycles. The number of ketones is 1. The lowest BCUT2D eigenvalue weighted by Gasteiger charge is -2.10. The number of hydrogen-bond acceptors (Lipinski definition) is 3. The first-order valence-corrected chi connectivity index (χ1v) is 3.45. The molecule has 0 unspecified atom stereocenters. The first-order chi connectivity index (χ1) is 4.88. The lowest BCUT2D eigenvalue weighted by Crippen LogP contribution is -2.21. The Kier molecular flexibility index (Phi) is 1.16. The summed E-state index contributed by atoms with van der Waals surface area (Å²) >= 11 is 0. The topological polar surface area (TPSA) is 41.8 Å². The second-order valence-corrected chi connectivity index (χ2v) is 2.66. The molecule has 0 aromatic heterocycles. The van der Waals surface area contributed by atoms with Crippen LogP contribution >= 0.6 is 0 Å². The lowest BCUT2D eigenvalue weighted by atomic mass is 10.0. The highest BCUT2D eigenvalue weighted by Crippen LogP contribution is 2.24. The molecule has 0 saturated heterocycles. The van der Waals surface area contributed by atoms with E-state index in [0.29, 0.717) is 12.2 Å². The fourth-order valence-corrected chi connectivity index (χ4v) is 1.46. The Bertz CT molecular complexity index is 220. The zero-order valence-corrected chi connectivity index (χ0v) is 5.53. The van der Waals surface area contributed by atoms with E-state index >= 15 is 0 Å². The van der Waals surface area contributed by atoms with Crippen molar-refractivity contribution in [3.8, 4) is 0 Å². The molecular weight excluding hydrogens is 128 g/mol. The van der Waals surface area contributed by atoms with Crippen LogP contribution in [0.3, 0.4) is 0 Å². The van der Waals surface area contributed by atoms with E-state index in [9.17, 15) is 4.79 Å². The van der Waals surface area contributed by atoms with Crippen LogP contribution in [0.15, 0.2) is 9.98 Å². The minimum absolute atomic E-state index is 0.00463. The molecule has 0 spiro atoms. The summed E-state index contributed by atoms with van der Waals surface area (Å²) in [5.74, 6) is 0.301. The molecule has 2 rings (SSSR count). The standard InChI is InChI=1S/C7H8N2O/c10-7-2-1-6-5(7)3-8-4-9-6/h3-6H,1-2H2/t5-,6+/m1/s1. The van der Waals surface area contributed by atoms with Crippen LogP contribution in [-0.2, 0) is 4.79 Å². The molecule has 3 heteroatoms. The van der Waals surface area contributed by atoms with E-state index in [0.717, 1.165) is 6.42 Å². The number of nitrogens with zero attached hydrogens (tertiary/aromatic N) is 2. The number of Topliss-reactive ketones (excluding diaryl/α,β-unsaturated/α-hetero) is 1. The minimum Gasteiger partial charge on any atom is -0.299 e. The molecular formula is C7H8N2O. The van der Waals surface area contributed by atoms with Gasteiger partial charge in [-0.05, 0) is 6.42 Å². The minimum atomic E-state index is 0.00463. The predicted octanol–water partition coefficient (Wildman–Crippen LogP) is 0.447. The van der Waals surface area contributed by atoms with Gasteiger partial charge < -0.3 is 0 Å². The van der Waals surface area contributed by atoms with Gasteiger partial charge in [-0.1, -0.05) is 0 Å². The third-order valence-corrected chi connectivity index (χ3v) is 2.04. The summed E-state index contributed by atoms with van der Waals surface area (Å²) in [5.41, 5.74) is 0. The average molecular weight is 136 g/mol. The molecule has 0 N–H and O–H groups in total. The van der Waals surface area contributed by atoms with E-state index in [4.69, 9.17) is 0 Å². The molecule has 2 atom stereocenters. The summed E-state index contributed by atoms with van der Waals surface area (Å²) in [4.78, 5) is 19.0. The van der Waals surface area contributed by atoms with Gasteiger partial charge in [-0.2, -0.15) is 0 Å². The van der Waals surface area contributed by atoms with Crippen molar-refractivity contribution in [2.45, 2.75) is 18.9 Å². The maximum atomic E-state index is 11.0. The summed E-state index contributed by atoms with van der Waals surface area (Å²) < 4.78 is 0. The number of fused-ring (bicyclic) bond motifs is 1. The molecule has 1 fully saturated rings. The van der Waals surface area contributed by atoms with E-state index in [1.165, 1.54) is 0 Å². The molecule has 52 valence electrons. The molecule has 1 saturated carbocycles. The van der Waals surface area contributed by atoms with Crippen LogP contribution in [-0.4, -0.2) is 24.4 Å². The predicted molar refractivity (Wildman–Crippen MR) is 38.5 cm³/mol. The van der Waals surface area contributed by atoms with E-state index in [1.807, 2.05) is 0 Å². The molecule has 10 heavy (non-hydrogen) atoms. The van der Waals surface area contributed by atoms with Gasteiger partial charge in [0.05, 0.1) is 12.0 Å². The molecule has 3 nitrogen and oxygen atoms in total. The van der Waals surface area contributed by atoms with Crippen LogP contribution in [0.25, 0.3) is 0 Å². The normalized spacial score (nSPS) is 36.6. The summed E-state index contributed by atoms with van der Waals surface area (Å²) in [6.45, 7) is 0. The smallest absolute Gasteiger partial charge is 0.143 e. The molecule has 0 bridgehead atoms. The van der Waals surface area contributed by atoms with Crippen molar-refractivity contribution < 1.29 is 4.79 Å². The van der Waals surface area contributed by atoms with E-state index in [-0.39, 0.29) is 12.0 Å². The Labute approximate surface area is 58.9 Å². The van der Waals surface area contributed by atoms with E-state index < -0.39 is 0 Å². The highest BCUT2D eigenvalue weighted by atomic mass is 16.1. The highest BCUT2D eigenvalue weighted by molar-refractivity contribution is 6.00. The Hall–Kier alpha value is -0.990. The van der Waals surface area contributed by atoms with Gasteiger partial charge in [0.1, 0.15) is 12.1 Å². The quantitative estimate of drug-likeness (QED) is 0.476. The second kappa shape index (κ2) is 2.01. The van der Waals surface area contributed by atoms with Crippen molar-refractivity contribution in [2.24, 2.45) is 15.9 Å². The van der Waals surface area contributed by atoms with Crippen molar-refractivity contribution in [3.63, 3.8) is 0 Å². The Morgan fingerprint density at radius 1 is 1.60 bits per heavy atom. The van der Waals surface area contributed by atoms with Gasteiger partial charge in [0.15, 0.2) is 0 Å². The van der Waals surface area contributed by atoms with Gasteiger partial charge in [-0.3, -0.25) is 9.79 Å². The fraction of sp³-hybridized carbons (Fsp3) is 0.571.